The maximum Gasteiger partial charge on any atom is 0.407 e. The summed E-state index contributed by atoms with van der Waals surface area (Å²) in [6.45, 7) is -0.345. The van der Waals surface area contributed by atoms with E-state index in [2.05, 4.69) is 14.8 Å². The zero-order valence-electron chi connectivity index (χ0n) is 9.99. The van der Waals surface area contributed by atoms with Gasteiger partial charge in [0.25, 0.3) is 0 Å². The largest absolute Gasteiger partial charge is 0.450 e. The number of nitrogens with one attached hydrogen (secondary N) is 1. The molecule has 4 nitrogen and oxygen atoms in total. The molecule has 0 fully saturated rings. The van der Waals surface area contributed by atoms with Crippen LogP contribution in [0.25, 0.3) is 0 Å². The monoisotopic (exact) mass is 259 g/mol. The van der Waals surface area contributed by atoms with Gasteiger partial charge >= 0.3 is 12.7 Å². The Morgan fingerprint density at radius 2 is 2.00 bits per heavy atom. The molecular weight excluding hydrogens is 244 g/mol. The van der Waals surface area contributed by atoms with Gasteiger partial charge in [0.1, 0.15) is 5.75 Å². The van der Waals surface area contributed by atoms with E-state index < -0.39 is 12.7 Å². The Morgan fingerprint density at radius 3 is 2.56 bits per heavy atom. The highest BCUT2D eigenvalue weighted by atomic mass is 19.3. The van der Waals surface area contributed by atoms with E-state index in [1.807, 2.05) is 0 Å². The second-order valence-electron chi connectivity index (χ2n) is 3.42. The Bertz CT molecular complexity index is 368. The number of alkyl carbamates (subject to hydrolysis) is 1. The summed E-state index contributed by atoms with van der Waals surface area (Å²) >= 11 is 0. The molecule has 1 aromatic carbocycles. The predicted octanol–water partition coefficient (Wildman–Crippen LogP) is 2.58. The highest BCUT2D eigenvalue weighted by Gasteiger charge is 2.04. The summed E-state index contributed by atoms with van der Waals surface area (Å²) in [4.78, 5) is 11.0. The van der Waals surface area contributed by atoms with E-state index in [-0.39, 0.29) is 5.75 Å². The number of carbonyl (C=O) groups excluding carboxylic acids is 1. The van der Waals surface area contributed by atoms with Crippen molar-refractivity contribution in [1.82, 2.24) is 5.32 Å². The standard InChI is InChI=1S/C12H15F2NO3/c1-2-17-12(16)15-8-7-9-3-5-10(6-4-9)18-11(13)14/h3-6,11H,2,7-8H2,1H3,(H,15,16). The number of amides is 1. The molecule has 0 aromatic heterocycles. The van der Waals surface area contributed by atoms with Crippen molar-refractivity contribution in [1.29, 1.82) is 0 Å². The molecular formula is C12H15F2NO3. The van der Waals surface area contributed by atoms with Gasteiger partial charge in [-0.2, -0.15) is 8.78 Å². The van der Waals surface area contributed by atoms with Crippen LogP contribution in [0.4, 0.5) is 13.6 Å². The first kappa shape index (κ1) is 14.2. The second kappa shape index (κ2) is 7.47. The SMILES string of the molecule is CCOC(=O)NCCc1ccc(OC(F)F)cc1. The summed E-state index contributed by atoms with van der Waals surface area (Å²) in [6, 6.07) is 6.27. The molecule has 0 bridgehead atoms. The molecule has 0 aliphatic heterocycles. The molecule has 1 N–H and O–H groups in total. The van der Waals surface area contributed by atoms with Crippen LogP contribution in [-0.4, -0.2) is 25.9 Å². The number of hydrogen-bond donors (Lipinski definition) is 1. The maximum atomic E-state index is 11.9. The van der Waals surface area contributed by atoms with Crippen molar-refractivity contribution >= 4 is 6.09 Å². The highest BCUT2D eigenvalue weighted by molar-refractivity contribution is 5.67. The maximum absolute atomic E-state index is 11.9. The lowest BCUT2D eigenvalue weighted by Crippen LogP contribution is -2.26. The van der Waals surface area contributed by atoms with E-state index in [1.54, 1.807) is 19.1 Å². The van der Waals surface area contributed by atoms with Gasteiger partial charge in [-0.25, -0.2) is 4.79 Å². The lowest BCUT2D eigenvalue weighted by Gasteiger charge is -2.07. The van der Waals surface area contributed by atoms with Crippen molar-refractivity contribution < 1.29 is 23.0 Å². The van der Waals surface area contributed by atoms with E-state index >= 15 is 0 Å². The third-order valence-corrected chi connectivity index (χ3v) is 2.11. The van der Waals surface area contributed by atoms with Gasteiger partial charge in [-0.15, -0.1) is 0 Å². The minimum Gasteiger partial charge on any atom is -0.450 e. The molecule has 0 heterocycles. The number of ether oxygens (including phenoxy) is 2. The van der Waals surface area contributed by atoms with Gasteiger partial charge in [-0.3, -0.25) is 0 Å². The average Bonchev–Trinajstić information content (AvgIpc) is 2.31. The zero-order chi connectivity index (χ0) is 13.4. The van der Waals surface area contributed by atoms with E-state index in [9.17, 15) is 13.6 Å². The summed E-state index contributed by atoms with van der Waals surface area (Å²) < 4.78 is 32.7. The van der Waals surface area contributed by atoms with Crippen molar-refractivity contribution in [2.75, 3.05) is 13.2 Å². The highest BCUT2D eigenvalue weighted by Crippen LogP contribution is 2.14. The second-order valence-corrected chi connectivity index (χ2v) is 3.42. The quantitative estimate of drug-likeness (QED) is 0.854. The summed E-state index contributed by atoms with van der Waals surface area (Å²) in [6.07, 6.45) is 0.128. The van der Waals surface area contributed by atoms with Gasteiger partial charge in [0.05, 0.1) is 6.61 Å². The molecule has 1 amide bonds. The van der Waals surface area contributed by atoms with Crippen LogP contribution in [0.2, 0.25) is 0 Å². The van der Waals surface area contributed by atoms with Crippen molar-refractivity contribution in [2.45, 2.75) is 20.0 Å². The van der Waals surface area contributed by atoms with Gasteiger partial charge in [-0.1, -0.05) is 12.1 Å². The van der Waals surface area contributed by atoms with Crippen LogP contribution in [0.1, 0.15) is 12.5 Å². The first-order chi connectivity index (χ1) is 8.61. The smallest absolute Gasteiger partial charge is 0.407 e. The third kappa shape index (κ3) is 5.47. The summed E-state index contributed by atoms with van der Waals surface area (Å²) in [5.41, 5.74) is 0.911. The summed E-state index contributed by atoms with van der Waals surface area (Å²) in [7, 11) is 0. The molecule has 1 aromatic rings. The van der Waals surface area contributed by atoms with Crippen molar-refractivity contribution in [3.8, 4) is 5.75 Å². The van der Waals surface area contributed by atoms with E-state index in [0.29, 0.717) is 19.6 Å². The summed E-state index contributed by atoms with van der Waals surface area (Å²) in [5, 5.41) is 2.57. The fourth-order valence-electron chi connectivity index (χ4n) is 1.33. The summed E-state index contributed by atoms with van der Waals surface area (Å²) in [5.74, 6) is 0.118. The molecule has 100 valence electrons. The molecule has 1 rings (SSSR count). The number of benzene rings is 1. The number of halogens is 2. The lowest BCUT2D eigenvalue weighted by atomic mass is 10.1. The van der Waals surface area contributed by atoms with Crippen molar-refractivity contribution in [3.63, 3.8) is 0 Å². The van der Waals surface area contributed by atoms with Gasteiger partial charge in [0.15, 0.2) is 0 Å². The topological polar surface area (TPSA) is 47.6 Å². The zero-order valence-corrected chi connectivity index (χ0v) is 9.99. The third-order valence-electron chi connectivity index (χ3n) is 2.11. The molecule has 0 atom stereocenters. The van der Waals surface area contributed by atoms with Crippen LogP contribution >= 0.6 is 0 Å². The predicted molar refractivity (Wildman–Crippen MR) is 61.8 cm³/mol. The molecule has 0 saturated heterocycles. The van der Waals surface area contributed by atoms with E-state index in [4.69, 9.17) is 0 Å². The van der Waals surface area contributed by atoms with Crippen molar-refractivity contribution in [3.05, 3.63) is 29.8 Å². The minimum absolute atomic E-state index is 0.118. The van der Waals surface area contributed by atoms with Gasteiger partial charge in [0, 0.05) is 6.54 Å². The minimum atomic E-state index is -2.82. The van der Waals surface area contributed by atoms with E-state index in [1.165, 1.54) is 12.1 Å². The van der Waals surface area contributed by atoms with Crippen LogP contribution in [0.15, 0.2) is 24.3 Å². The Kier molecular flexibility index (Phi) is 5.90. The fraction of sp³-hybridized carbons (Fsp3) is 0.417. The molecule has 0 unspecified atom stereocenters. The normalized spacial score (nSPS) is 10.2. The Labute approximate surface area is 104 Å². The Balaban J connectivity index is 2.33. The average molecular weight is 259 g/mol. The van der Waals surface area contributed by atoms with Crippen LogP contribution in [0.5, 0.6) is 5.75 Å². The number of alkyl halides is 2. The molecule has 6 heteroatoms. The van der Waals surface area contributed by atoms with Crippen LogP contribution in [-0.2, 0) is 11.2 Å². The Morgan fingerprint density at radius 1 is 1.33 bits per heavy atom. The number of carbonyl (C=O) groups is 1. The van der Waals surface area contributed by atoms with Crippen molar-refractivity contribution in [2.24, 2.45) is 0 Å². The number of rotatable bonds is 6. The Hall–Kier alpha value is -1.85. The van der Waals surface area contributed by atoms with Gasteiger partial charge in [-0.05, 0) is 31.0 Å². The number of hydrogen-bond acceptors (Lipinski definition) is 3. The fourth-order valence-corrected chi connectivity index (χ4v) is 1.33. The first-order valence-corrected chi connectivity index (χ1v) is 5.56. The van der Waals surface area contributed by atoms with E-state index in [0.717, 1.165) is 5.56 Å². The van der Waals surface area contributed by atoms with Crippen LogP contribution in [0.3, 0.4) is 0 Å². The molecule has 0 aliphatic carbocycles. The van der Waals surface area contributed by atoms with Crippen LogP contribution < -0.4 is 10.1 Å². The van der Waals surface area contributed by atoms with Crippen LogP contribution in [0, 0.1) is 0 Å². The van der Waals surface area contributed by atoms with Gasteiger partial charge < -0.3 is 14.8 Å². The first-order valence-electron chi connectivity index (χ1n) is 5.56. The van der Waals surface area contributed by atoms with Gasteiger partial charge in [0.2, 0.25) is 0 Å². The molecule has 18 heavy (non-hydrogen) atoms. The molecule has 0 spiro atoms. The molecule has 0 aliphatic rings. The molecule has 0 saturated carbocycles. The molecule has 0 radical (unpaired) electrons. The lowest BCUT2D eigenvalue weighted by molar-refractivity contribution is -0.0498.